The van der Waals surface area contributed by atoms with E-state index < -0.39 is 6.04 Å². The monoisotopic (exact) mass is 393 g/mol. The maximum atomic E-state index is 12.9. The van der Waals surface area contributed by atoms with Gasteiger partial charge in [-0.3, -0.25) is 14.5 Å². The first-order valence-corrected chi connectivity index (χ1v) is 10.4. The number of aryl methyl sites for hydroxylation is 1. The molecule has 29 heavy (non-hydrogen) atoms. The number of benzene rings is 2. The van der Waals surface area contributed by atoms with E-state index in [-0.39, 0.29) is 23.8 Å². The maximum Gasteiger partial charge on any atom is 0.251 e. The second-order valence-electron chi connectivity index (χ2n) is 8.28. The summed E-state index contributed by atoms with van der Waals surface area (Å²) in [7, 11) is 0. The summed E-state index contributed by atoms with van der Waals surface area (Å²) < 4.78 is 0. The molecule has 154 valence electrons. The van der Waals surface area contributed by atoms with Gasteiger partial charge in [0.15, 0.2) is 0 Å². The predicted octanol–water partition coefficient (Wildman–Crippen LogP) is 3.14. The van der Waals surface area contributed by atoms with Crippen molar-refractivity contribution in [3.05, 3.63) is 71.3 Å². The van der Waals surface area contributed by atoms with Crippen LogP contribution in [0.1, 0.15) is 41.8 Å². The van der Waals surface area contributed by atoms with E-state index in [0.717, 1.165) is 31.6 Å². The Labute approximate surface area is 173 Å². The first-order valence-electron chi connectivity index (χ1n) is 10.4. The normalized spacial score (nSPS) is 17.9. The van der Waals surface area contributed by atoms with Gasteiger partial charge in [-0.25, -0.2) is 0 Å². The lowest BCUT2D eigenvalue weighted by atomic mass is 10.0. The van der Waals surface area contributed by atoms with Crippen molar-refractivity contribution in [3.63, 3.8) is 0 Å². The second kappa shape index (κ2) is 9.70. The van der Waals surface area contributed by atoms with Crippen molar-refractivity contribution in [1.29, 1.82) is 0 Å². The van der Waals surface area contributed by atoms with Gasteiger partial charge in [0.2, 0.25) is 5.91 Å². The molecule has 2 aromatic carbocycles. The minimum atomic E-state index is -0.549. The summed E-state index contributed by atoms with van der Waals surface area (Å²) in [5, 5.41) is 6.06. The molecule has 0 bridgehead atoms. The Morgan fingerprint density at radius 3 is 2.41 bits per heavy atom. The molecule has 1 aliphatic rings. The van der Waals surface area contributed by atoms with Crippen molar-refractivity contribution in [3.8, 4) is 0 Å². The van der Waals surface area contributed by atoms with Crippen LogP contribution in [-0.2, 0) is 11.3 Å². The number of amides is 2. The van der Waals surface area contributed by atoms with Crippen LogP contribution >= 0.6 is 0 Å². The van der Waals surface area contributed by atoms with Crippen LogP contribution in [0.5, 0.6) is 0 Å². The van der Waals surface area contributed by atoms with E-state index in [1.54, 1.807) is 12.1 Å². The van der Waals surface area contributed by atoms with E-state index in [2.05, 4.69) is 39.8 Å². The molecule has 2 aromatic rings. The zero-order chi connectivity index (χ0) is 20.8. The van der Waals surface area contributed by atoms with Gasteiger partial charge in [0.05, 0.1) is 0 Å². The van der Waals surface area contributed by atoms with Crippen LogP contribution in [0.3, 0.4) is 0 Å². The number of rotatable bonds is 7. The molecule has 1 fully saturated rings. The summed E-state index contributed by atoms with van der Waals surface area (Å²) in [5.74, 6) is -0.311. The van der Waals surface area contributed by atoms with Gasteiger partial charge in [0.1, 0.15) is 6.04 Å². The molecule has 1 heterocycles. The number of nitrogens with zero attached hydrogens (tertiary/aromatic N) is 1. The van der Waals surface area contributed by atoms with E-state index in [1.165, 1.54) is 5.56 Å². The van der Waals surface area contributed by atoms with E-state index >= 15 is 0 Å². The number of carbonyl (C=O) groups excluding carboxylic acids is 2. The molecule has 0 aromatic heterocycles. The Bertz CT molecular complexity index is 818. The van der Waals surface area contributed by atoms with Crippen LogP contribution in [0.25, 0.3) is 0 Å². The molecule has 2 N–H and O–H groups in total. The summed E-state index contributed by atoms with van der Waals surface area (Å²) >= 11 is 0. The number of carbonyl (C=O) groups is 2. The van der Waals surface area contributed by atoms with Crippen LogP contribution in [0, 0.1) is 12.8 Å². The van der Waals surface area contributed by atoms with Crippen molar-refractivity contribution in [2.45, 2.75) is 45.8 Å². The minimum Gasteiger partial charge on any atom is -0.350 e. The SMILES string of the molecule is Cc1ccc(C(=O)NC(C(=O)NC2CCN(Cc3ccccc3)C2)C(C)C)cc1. The summed E-state index contributed by atoms with van der Waals surface area (Å²) in [6, 6.07) is 17.3. The zero-order valence-electron chi connectivity index (χ0n) is 17.5. The van der Waals surface area contributed by atoms with E-state index in [4.69, 9.17) is 0 Å². The molecule has 2 unspecified atom stereocenters. The smallest absolute Gasteiger partial charge is 0.251 e. The van der Waals surface area contributed by atoms with Crippen LogP contribution in [-0.4, -0.2) is 41.9 Å². The lowest BCUT2D eigenvalue weighted by Crippen LogP contribution is -2.52. The molecule has 5 nitrogen and oxygen atoms in total. The average Bonchev–Trinajstić information content (AvgIpc) is 3.13. The van der Waals surface area contributed by atoms with Gasteiger partial charge in [0.25, 0.3) is 5.91 Å². The number of hydrogen-bond acceptors (Lipinski definition) is 3. The molecule has 0 aliphatic carbocycles. The van der Waals surface area contributed by atoms with Gasteiger partial charge in [-0.1, -0.05) is 61.9 Å². The fourth-order valence-corrected chi connectivity index (χ4v) is 3.69. The number of likely N-dealkylation sites (tertiary alicyclic amines) is 1. The van der Waals surface area contributed by atoms with E-state index in [0.29, 0.717) is 5.56 Å². The van der Waals surface area contributed by atoms with Crippen molar-refractivity contribution >= 4 is 11.8 Å². The fraction of sp³-hybridized carbons (Fsp3) is 0.417. The first kappa shape index (κ1) is 21.1. The zero-order valence-corrected chi connectivity index (χ0v) is 17.5. The standard InChI is InChI=1S/C24H31N3O2/c1-17(2)22(26-23(28)20-11-9-18(3)10-12-20)24(29)25-21-13-14-27(16-21)15-19-7-5-4-6-8-19/h4-12,17,21-22H,13-16H2,1-3H3,(H,25,29)(H,26,28). The third-order valence-electron chi connectivity index (χ3n) is 5.42. The predicted molar refractivity (Wildman–Crippen MR) is 116 cm³/mol. The number of nitrogens with one attached hydrogen (secondary N) is 2. The number of hydrogen-bond donors (Lipinski definition) is 2. The van der Waals surface area contributed by atoms with Gasteiger partial charge >= 0.3 is 0 Å². The molecular formula is C24H31N3O2. The van der Waals surface area contributed by atoms with Crippen molar-refractivity contribution < 1.29 is 9.59 Å². The van der Waals surface area contributed by atoms with Crippen LogP contribution in [0.2, 0.25) is 0 Å². The maximum absolute atomic E-state index is 12.9. The minimum absolute atomic E-state index is 0.00576. The van der Waals surface area contributed by atoms with Crippen LogP contribution < -0.4 is 10.6 Å². The van der Waals surface area contributed by atoms with Crippen molar-refractivity contribution in [2.75, 3.05) is 13.1 Å². The quantitative estimate of drug-likeness (QED) is 0.760. The summed E-state index contributed by atoms with van der Waals surface area (Å²) in [6.45, 7) is 8.57. The third-order valence-corrected chi connectivity index (χ3v) is 5.42. The molecule has 0 spiro atoms. The van der Waals surface area contributed by atoms with E-state index in [1.807, 2.05) is 39.0 Å². The highest BCUT2D eigenvalue weighted by Gasteiger charge is 2.29. The van der Waals surface area contributed by atoms with Crippen molar-refractivity contribution in [1.82, 2.24) is 15.5 Å². The highest BCUT2D eigenvalue weighted by Crippen LogP contribution is 2.14. The molecule has 2 atom stereocenters. The molecular weight excluding hydrogens is 362 g/mol. The molecule has 5 heteroatoms. The highest BCUT2D eigenvalue weighted by molar-refractivity contribution is 5.97. The van der Waals surface area contributed by atoms with Crippen molar-refractivity contribution in [2.24, 2.45) is 5.92 Å². The topological polar surface area (TPSA) is 61.4 Å². The average molecular weight is 394 g/mol. The highest BCUT2D eigenvalue weighted by atomic mass is 16.2. The molecule has 1 saturated heterocycles. The fourth-order valence-electron chi connectivity index (χ4n) is 3.69. The second-order valence-corrected chi connectivity index (χ2v) is 8.28. The van der Waals surface area contributed by atoms with Gasteiger partial charge in [-0.2, -0.15) is 0 Å². The van der Waals surface area contributed by atoms with Crippen LogP contribution in [0.4, 0.5) is 0 Å². The molecule has 2 amide bonds. The Hall–Kier alpha value is -2.66. The Kier molecular flexibility index (Phi) is 7.04. The lowest BCUT2D eigenvalue weighted by molar-refractivity contribution is -0.124. The molecule has 0 saturated carbocycles. The Morgan fingerprint density at radius 1 is 1.07 bits per heavy atom. The molecule has 0 radical (unpaired) electrons. The summed E-state index contributed by atoms with van der Waals surface area (Å²) in [5.41, 5.74) is 2.95. The van der Waals surface area contributed by atoms with Gasteiger partial charge in [0, 0.05) is 31.2 Å². The summed E-state index contributed by atoms with van der Waals surface area (Å²) in [4.78, 5) is 27.8. The third kappa shape index (κ3) is 5.91. The lowest BCUT2D eigenvalue weighted by Gasteiger charge is -2.24. The van der Waals surface area contributed by atoms with Crippen LogP contribution in [0.15, 0.2) is 54.6 Å². The van der Waals surface area contributed by atoms with Gasteiger partial charge in [-0.15, -0.1) is 0 Å². The summed E-state index contributed by atoms with van der Waals surface area (Å²) in [6.07, 6.45) is 0.926. The Morgan fingerprint density at radius 2 is 1.76 bits per heavy atom. The van der Waals surface area contributed by atoms with Gasteiger partial charge < -0.3 is 10.6 Å². The molecule has 3 rings (SSSR count). The first-order chi connectivity index (χ1) is 13.9. The molecule has 1 aliphatic heterocycles. The largest absolute Gasteiger partial charge is 0.350 e. The van der Waals surface area contributed by atoms with Gasteiger partial charge in [-0.05, 0) is 37.0 Å². The Balaban J connectivity index is 1.54. The van der Waals surface area contributed by atoms with E-state index in [9.17, 15) is 9.59 Å².